The summed E-state index contributed by atoms with van der Waals surface area (Å²) in [7, 11) is 1.82. The highest BCUT2D eigenvalue weighted by Crippen LogP contribution is 2.20. The lowest BCUT2D eigenvalue weighted by atomic mass is 10.0. The molecule has 7 heteroatoms. The van der Waals surface area contributed by atoms with E-state index in [1.807, 2.05) is 31.3 Å². The second-order valence-corrected chi connectivity index (χ2v) is 6.88. The normalized spacial score (nSPS) is 18.4. The Labute approximate surface area is 153 Å². The fourth-order valence-electron chi connectivity index (χ4n) is 3.10. The van der Waals surface area contributed by atoms with Gasteiger partial charge in [0.25, 0.3) is 0 Å². The molecule has 1 aliphatic rings. The molecular formula is C18H24ClN5O. The average Bonchev–Trinajstić information content (AvgIpc) is 3.08. The third-order valence-corrected chi connectivity index (χ3v) is 4.58. The van der Waals surface area contributed by atoms with Crippen molar-refractivity contribution in [3.05, 3.63) is 35.2 Å². The van der Waals surface area contributed by atoms with Crippen LogP contribution >= 0.6 is 11.6 Å². The predicted molar refractivity (Wildman–Crippen MR) is 99.8 cm³/mol. The highest BCUT2D eigenvalue weighted by atomic mass is 35.5. The van der Waals surface area contributed by atoms with Crippen molar-refractivity contribution in [2.45, 2.75) is 26.2 Å². The Morgan fingerprint density at radius 2 is 2.36 bits per heavy atom. The van der Waals surface area contributed by atoms with E-state index in [2.05, 4.69) is 32.3 Å². The zero-order valence-corrected chi connectivity index (χ0v) is 15.5. The van der Waals surface area contributed by atoms with Gasteiger partial charge in [-0.25, -0.2) is 0 Å². The smallest absolute Gasteiger partial charge is 0.228 e. The molecule has 1 unspecified atom stereocenters. The van der Waals surface area contributed by atoms with Crippen LogP contribution < -0.4 is 5.32 Å². The van der Waals surface area contributed by atoms with Gasteiger partial charge in [-0.1, -0.05) is 35.8 Å². The quantitative estimate of drug-likeness (QED) is 0.669. The molecule has 1 aromatic heterocycles. The maximum absolute atomic E-state index is 6.01. The summed E-state index contributed by atoms with van der Waals surface area (Å²) >= 11 is 6.01. The summed E-state index contributed by atoms with van der Waals surface area (Å²) in [6, 6.07) is 7.44. The van der Waals surface area contributed by atoms with Gasteiger partial charge in [-0.2, -0.15) is 4.98 Å². The molecule has 0 radical (unpaired) electrons. The number of nitrogens with zero attached hydrogens (tertiary/aromatic N) is 4. The number of nitrogens with one attached hydrogen (secondary N) is 1. The number of benzene rings is 1. The fraction of sp³-hybridized carbons (Fsp3) is 0.500. The maximum Gasteiger partial charge on any atom is 0.228 e. The van der Waals surface area contributed by atoms with E-state index in [-0.39, 0.29) is 0 Å². The molecule has 0 bridgehead atoms. The first-order valence-corrected chi connectivity index (χ1v) is 9.07. The van der Waals surface area contributed by atoms with Crippen LogP contribution in [0.5, 0.6) is 0 Å². The summed E-state index contributed by atoms with van der Waals surface area (Å²) in [5.41, 5.74) is 0.855. The van der Waals surface area contributed by atoms with Gasteiger partial charge in [-0.05, 0) is 30.9 Å². The minimum absolute atomic E-state index is 0.562. The number of rotatable bonds is 4. The summed E-state index contributed by atoms with van der Waals surface area (Å²) in [5.74, 6) is 2.82. The fourth-order valence-corrected chi connectivity index (χ4v) is 3.29. The summed E-state index contributed by atoms with van der Waals surface area (Å²) in [6.45, 7) is 5.10. The van der Waals surface area contributed by atoms with Gasteiger partial charge in [-0.3, -0.25) is 4.99 Å². The Morgan fingerprint density at radius 1 is 1.48 bits per heavy atom. The van der Waals surface area contributed by atoms with E-state index in [4.69, 9.17) is 16.1 Å². The molecule has 25 heavy (non-hydrogen) atoms. The van der Waals surface area contributed by atoms with Crippen LogP contribution in [0, 0.1) is 5.92 Å². The lowest BCUT2D eigenvalue weighted by Gasteiger charge is -2.33. The largest absolute Gasteiger partial charge is 0.356 e. The van der Waals surface area contributed by atoms with E-state index < -0.39 is 0 Å². The molecule has 1 N–H and O–H groups in total. The number of aliphatic imine (C=N–C) groups is 1. The van der Waals surface area contributed by atoms with E-state index >= 15 is 0 Å². The molecule has 3 rings (SSSR count). The summed E-state index contributed by atoms with van der Waals surface area (Å²) in [4.78, 5) is 11.1. The zero-order chi connectivity index (χ0) is 17.6. The van der Waals surface area contributed by atoms with Crippen molar-refractivity contribution < 1.29 is 4.52 Å². The lowest BCUT2D eigenvalue weighted by molar-refractivity contribution is 0.266. The lowest BCUT2D eigenvalue weighted by Crippen LogP contribution is -2.46. The van der Waals surface area contributed by atoms with Crippen molar-refractivity contribution in [3.63, 3.8) is 0 Å². The minimum atomic E-state index is 0.562. The second-order valence-electron chi connectivity index (χ2n) is 6.44. The Balaban J connectivity index is 1.53. The van der Waals surface area contributed by atoms with Crippen LogP contribution in [0.4, 0.5) is 0 Å². The molecule has 2 aromatic rings. The molecule has 134 valence electrons. The van der Waals surface area contributed by atoms with Gasteiger partial charge in [0, 0.05) is 43.7 Å². The average molecular weight is 362 g/mol. The zero-order valence-electron chi connectivity index (χ0n) is 14.7. The molecular weight excluding hydrogens is 338 g/mol. The van der Waals surface area contributed by atoms with E-state index in [0.29, 0.717) is 35.6 Å². The molecule has 6 nitrogen and oxygen atoms in total. The highest BCUT2D eigenvalue weighted by Gasteiger charge is 2.19. The van der Waals surface area contributed by atoms with Gasteiger partial charge >= 0.3 is 0 Å². The van der Waals surface area contributed by atoms with E-state index in [9.17, 15) is 0 Å². The summed E-state index contributed by atoms with van der Waals surface area (Å²) < 4.78 is 5.34. The van der Waals surface area contributed by atoms with Crippen LogP contribution in [-0.4, -0.2) is 47.7 Å². The van der Waals surface area contributed by atoms with Crippen LogP contribution in [0.1, 0.15) is 25.7 Å². The van der Waals surface area contributed by atoms with Crippen molar-refractivity contribution in [2.75, 3.05) is 26.7 Å². The van der Waals surface area contributed by atoms with Gasteiger partial charge in [0.15, 0.2) is 5.96 Å². The molecule has 0 spiro atoms. The van der Waals surface area contributed by atoms with Crippen LogP contribution in [-0.2, 0) is 6.42 Å². The number of guanidine groups is 1. The van der Waals surface area contributed by atoms with Crippen molar-refractivity contribution in [2.24, 2.45) is 10.9 Å². The van der Waals surface area contributed by atoms with Crippen molar-refractivity contribution >= 4 is 17.6 Å². The number of hydrogen-bond donors (Lipinski definition) is 1. The number of piperidine rings is 1. The Bertz CT molecular complexity index is 730. The second kappa shape index (κ2) is 8.34. The van der Waals surface area contributed by atoms with Crippen LogP contribution in [0.15, 0.2) is 33.8 Å². The Morgan fingerprint density at radius 3 is 3.12 bits per heavy atom. The third-order valence-electron chi connectivity index (χ3n) is 4.34. The Kier molecular flexibility index (Phi) is 5.91. The van der Waals surface area contributed by atoms with E-state index in [1.54, 1.807) is 0 Å². The Hall–Kier alpha value is -2.08. The van der Waals surface area contributed by atoms with Crippen molar-refractivity contribution in [1.29, 1.82) is 0 Å². The molecule has 1 aromatic carbocycles. The van der Waals surface area contributed by atoms with Crippen molar-refractivity contribution in [1.82, 2.24) is 20.4 Å². The van der Waals surface area contributed by atoms with Gasteiger partial charge < -0.3 is 14.7 Å². The van der Waals surface area contributed by atoms with Crippen LogP contribution in [0.25, 0.3) is 11.4 Å². The van der Waals surface area contributed by atoms with Gasteiger partial charge in [0.2, 0.25) is 11.7 Å². The molecule has 0 amide bonds. The minimum Gasteiger partial charge on any atom is -0.356 e. The SMILES string of the molecule is CN=C(NCCc1nc(-c2cccc(Cl)c2)no1)N1CCCC(C)C1. The van der Waals surface area contributed by atoms with E-state index in [0.717, 1.165) is 24.6 Å². The van der Waals surface area contributed by atoms with Crippen LogP contribution in [0.2, 0.25) is 5.02 Å². The third kappa shape index (κ3) is 4.72. The number of hydrogen-bond acceptors (Lipinski definition) is 4. The molecule has 0 saturated carbocycles. The molecule has 1 saturated heterocycles. The first kappa shape index (κ1) is 17.7. The van der Waals surface area contributed by atoms with Crippen molar-refractivity contribution in [3.8, 4) is 11.4 Å². The van der Waals surface area contributed by atoms with Gasteiger partial charge in [0.1, 0.15) is 0 Å². The number of likely N-dealkylation sites (tertiary alicyclic amines) is 1. The first-order chi connectivity index (χ1) is 12.2. The topological polar surface area (TPSA) is 66.5 Å². The maximum atomic E-state index is 6.01. The summed E-state index contributed by atoms with van der Waals surface area (Å²) in [5, 5.41) is 8.08. The van der Waals surface area contributed by atoms with Gasteiger partial charge in [0.05, 0.1) is 0 Å². The standard InChI is InChI=1S/C18H24ClN5O/c1-13-5-4-10-24(12-13)18(20-2)21-9-8-16-22-17(23-25-16)14-6-3-7-15(19)11-14/h3,6-7,11,13H,4-5,8-10,12H2,1-2H3,(H,20,21). The summed E-state index contributed by atoms with van der Waals surface area (Å²) in [6.07, 6.45) is 3.16. The molecule has 1 atom stereocenters. The number of halogens is 1. The van der Waals surface area contributed by atoms with Crippen LogP contribution in [0.3, 0.4) is 0 Å². The predicted octanol–water partition coefficient (Wildman–Crippen LogP) is 3.24. The molecule has 0 aliphatic carbocycles. The molecule has 1 aliphatic heterocycles. The molecule has 1 fully saturated rings. The van der Waals surface area contributed by atoms with Gasteiger partial charge in [-0.15, -0.1) is 0 Å². The first-order valence-electron chi connectivity index (χ1n) is 8.70. The monoisotopic (exact) mass is 361 g/mol. The highest BCUT2D eigenvalue weighted by molar-refractivity contribution is 6.30. The van der Waals surface area contributed by atoms with E-state index in [1.165, 1.54) is 12.8 Å². The molecule has 2 heterocycles. The number of aromatic nitrogens is 2.